The minimum absolute atomic E-state index is 0.246. The maximum atomic E-state index is 12.4. The molecular weight excluding hydrogens is 330 g/mol. The number of ether oxygens (including phenoxy) is 1. The SMILES string of the molecule is Cc1cccc(NC(=O)[C@H](C)Oc2ccc3c(C)cc(=O)oc3c2)c1C. The van der Waals surface area contributed by atoms with Crippen molar-refractivity contribution in [3.63, 3.8) is 0 Å². The molecule has 0 aliphatic rings. The molecule has 0 aliphatic carbocycles. The highest BCUT2D eigenvalue weighted by Crippen LogP contribution is 2.23. The third-order valence-electron chi connectivity index (χ3n) is 4.47. The molecule has 26 heavy (non-hydrogen) atoms. The van der Waals surface area contributed by atoms with Crippen LogP contribution in [-0.4, -0.2) is 12.0 Å². The molecule has 1 amide bonds. The highest BCUT2D eigenvalue weighted by molar-refractivity contribution is 5.95. The summed E-state index contributed by atoms with van der Waals surface area (Å²) in [5.41, 5.74) is 3.77. The largest absolute Gasteiger partial charge is 0.481 e. The van der Waals surface area contributed by atoms with Gasteiger partial charge < -0.3 is 14.5 Å². The first-order valence-corrected chi connectivity index (χ1v) is 8.43. The molecular formula is C21H21NO4. The average Bonchev–Trinajstić information content (AvgIpc) is 2.58. The molecule has 134 valence electrons. The molecule has 2 aromatic carbocycles. The first-order valence-electron chi connectivity index (χ1n) is 8.43. The molecule has 0 fully saturated rings. The Labute approximate surface area is 151 Å². The van der Waals surface area contributed by atoms with Crippen LogP contribution in [0.15, 0.2) is 51.7 Å². The molecule has 0 radical (unpaired) electrons. The normalized spacial score (nSPS) is 12.0. The number of anilines is 1. The number of carbonyl (C=O) groups excluding carboxylic acids is 1. The van der Waals surface area contributed by atoms with Gasteiger partial charge in [0.1, 0.15) is 11.3 Å². The zero-order valence-corrected chi connectivity index (χ0v) is 15.3. The van der Waals surface area contributed by atoms with E-state index in [1.54, 1.807) is 19.1 Å². The van der Waals surface area contributed by atoms with Crippen molar-refractivity contribution in [1.82, 2.24) is 0 Å². The van der Waals surface area contributed by atoms with E-state index in [2.05, 4.69) is 5.32 Å². The Kier molecular flexibility index (Phi) is 4.80. The fraction of sp³-hybridized carbons (Fsp3) is 0.238. The van der Waals surface area contributed by atoms with Gasteiger partial charge in [-0.25, -0.2) is 4.79 Å². The van der Waals surface area contributed by atoms with Gasteiger partial charge in [0.25, 0.3) is 5.91 Å². The molecule has 1 aromatic heterocycles. The molecule has 0 aliphatic heterocycles. The molecule has 3 rings (SSSR count). The molecule has 1 N–H and O–H groups in total. The van der Waals surface area contributed by atoms with Crippen LogP contribution in [0.4, 0.5) is 5.69 Å². The van der Waals surface area contributed by atoms with E-state index >= 15 is 0 Å². The lowest BCUT2D eigenvalue weighted by molar-refractivity contribution is -0.122. The van der Waals surface area contributed by atoms with Gasteiger partial charge in [0, 0.05) is 23.2 Å². The third kappa shape index (κ3) is 3.61. The minimum atomic E-state index is -0.705. The van der Waals surface area contributed by atoms with Crippen molar-refractivity contribution >= 4 is 22.6 Å². The first kappa shape index (κ1) is 17.7. The Hall–Kier alpha value is -3.08. The molecule has 0 spiro atoms. The monoisotopic (exact) mass is 351 g/mol. The number of amides is 1. The lowest BCUT2D eigenvalue weighted by Crippen LogP contribution is -2.30. The van der Waals surface area contributed by atoms with Gasteiger partial charge in [-0.05, 0) is 62.6 Å². The van der Waals surface area contributed by atoms with Gasteiger partial charge in [-0.1, -0.05) is 12.1 Å². The summed E-state index contributed by atoms with van der Waals surface area (Å²) >= 11 is 0. The smallest absolute Gasteiger partial charge is 0.336 e. The zero-order chi connectivity index (χ0) is 18.8. The van der Waals surface area contributed by atoms with Crippen LogP contribution < -0.4 is 15.7 Å². The molecule has 5 heteroatoms. The van der Waals surface area contributed by atoms with Gasteiger partial charge >= 0.3 is 5.63 Å². The summed E-state index contributed by atoms with van der Waals surface area (Å²) in [6.07, 6.45) is -0.705. The van der Waals surface area contributed by atoms with Crippen LogP contribution in [0.25, 0.3) is 11.0 Å². The van der Waals surface area contributed by atoms with Gasteiger partial charge in [0.15, 0.2) is 6.10 Å². The van der Waals surface area contributed by atoms with Crippen molar-refractivity contribution < 1.29 is 13.9 Å². The maximum Gasteiger partial charge on any atom is 0.336 e. The maximum absolute atomic E-state index is 12.4. The second-order valence-electron chi connectivity index (χ2n) is 6.40. The van der Waals surface area contributed by atoms with Crippen molar-refractivity contribution in [2.45, 2.75) is 33.8 Å². The Balaban J connectivity index is 1.77. The van der Waals surface area contributed by atoms with E-state index in [4.69, 9.17) is 9.15 Å². The van der Waals surface area contributed by atoms with Crippen LogP contribution in [0.5, 0.6) is 5.75 Å². The molecule has 0 bridgehead atoms. The van der Waals surface area contributed by atoms with E-state index in [9.17, 15) is 9.59 Å². The fourth-order valence-electron chi connectivity index (χ4n) is 2.76. The van der Waals surface area contributed by atoms with Crippen LogP contribution in [-0.2, 0) is 4.79 Å². The predicted molar refractivity (Wildman–Crippen MR) is 102 cm³/mol. The highest BCUT2D eigenvalue weighted by atomic mass is 16.5. The summed E-state index contributed by atoms with van der Waals surface area (Å²) in [6.45, 7) is 7.48. The number of carbonyl (C=O) groups is 1. The Morgan fingerprint density at radius 2 is 1.85 bits per heavy atom. The van der Waals surface area contributed by atoms with E-state index < -0.39 is 11.7 Å². The summed E-state index contributed by atoms with van der Waals surface area (Å²) in [7, 11) is 0. The number of benzene rings is 2. The van der Waals surface area contributed by atoms with Gasteiger partial charge in [0.05, 0.1) is 0 Å². The second-order valence-corrected chi connectivity index (χ2v) is 6.40. The van der Waals surface area contributed by atoms with Crippen LogP contribution in [0.2, 0.25) is 0 Å². The molecule has 0 saturated heterocycles. The van der Waals surface area contributed by atoms with Crippen LogP contribution in [0.3, 0.4) is 0 Å². The summed E-state index contributed by atoms with van der Waals surface area (Å²) in [5, 5.41) is 3.73. The molecule has 1 atom stereocenters. The predicted octanol–water partition coefficient (Wildman–Crippen LogP) is 4.12. The van der Waals surface area contributed by atoms with Gasteiger partial charge in [-0.3, -0.25) is 4.79 Å². The van der Waals surface area contributed by atoms with Gasteiger partial charge in [0.2, 0.25) is 0 Å². The molecule has 3 aromatic rings. The molecule has 5 nitrogen and oxygen atoms in total. The van der Waals surface area contributed by atoms with Gasteiger partial charge in [-0.15, -0.1) is 0 Å². The summed E-state index contributed by atoms with van der Waals surface area (Å²) in [4.78, 5) is 24.0. The summed E-state index contributed by atoms with van der Waals surface area (Å²) < 4.78 is 10.9. The molecule has 0 saturated carbocycles. The number of hydrogen-bond acceptors (Lipinski definition) is 4. The first-order chi connectivity index (χ1) is 12.3. The Morgan fingerprint density at radius 1 is 1.08 bits per heavy atom. The third-order valence-corrected chi connectivity index (χ3v) is 4.47. The highest BCUT2D eigenvalue weighted by Gasteiger charge is 2.16. The number of rotatable bonds is 4. The minimum Gasteiger partial charge on any atom is -0.481 e. The number of fused-ring (bicyclic) bond motifs is 1. The lowest BCUT2D eigenvalue weighted by Gasteiger charge is -2.16. The van der Waals surface area contributed by atoms with E-state index in [0.717, 1.165) is 27.8 Å². The number of aryl methyl sites for hydroxylation is 2. The van der Waals surface area contributed by atoms with E-state index in [1.165, 1.54) is 6.07 Å². The average molecular weight is 351 g/mol. The Morgan fingerprint density at radius 3 is 2.62 bits per heavy atom. The van der Waals surface area contributed by atoms with Crippen LogP contribution in [0, 0.1) is 20.8 Å². The summed E-state index contributed by atoms with van der Waals surface area (Å²) in [6, 6.07) is 12.4. The molecule has 0 unspecified atom stereocenters. The number of nitrogens with one attached hydrogen (secondary N) is 1. The topological polar surface area (TPSA) is 68.5 Å². The second kappa shape index (κ2) is 7.04. The van der Waals surface area contributed by atoms with Crippen molar-refractivity contribution in [3.05, 3.63) is 69.6 Å². The zero-order valence-electron chi connectivity index (χ0n) is 15.3. The summed E-state index contributed by atoms with van der Waals surface area (Å²) in [5.74, 6) is 0.222. The van der Waals surface area contributed by atoms with Crippen LogP contribution in [0.1, 0.15) is 23.6 Å². The fourth-order valence-corrected chi connectivity index (χ4v) is 2.76. The molecule has 1 heterocycles. The standard InChI is InChI=1S/C21H21NO4/c1-12-6-5-7-18(14(12)3)22-21(24)15(4)25-16-8-9-17-13(2)10-20(23)26-19(17)11-16/h5-11,15H,1-4H3,(H,22,24)/t15-/m0/s1. The van der Waals surface area contributed by atoms with Crippen molar-refractivity contribution in [1.29, 1.82) is 0 Å². The lowest BCUT2D eigenvalue weighted by atomic mass is 10.1. The quantitative estimate of drug-likeness (QED) is 0.718. The van der Waals surface area contributed by atoms with Crippen molar-refractivity contribution in [3.8, 4) is 5.75 Å². The van der Waals surface area contributed by atoms with Gasteiger partial charge in [-0.2, -0.15) is 0 Å². The van der Waals surface area contributed by atoms with E-state index in [1.807, 2.05) is 45.0 Å². The van der Waals surface area contributed by atoms with Crippen molar-refractivity contribution in [2.75, 3.05) is 5.32 Å². The van der Waals surface area contributed by atoms with E-state index in [-0.39, 0.29) is 5.91 Å². The van der Waals surface area contributed by atoms with E-state index in [0.29, 0.717) is 11.3 Å². The Bertz CT molecular complexity index is 1040. The van der Waals surface area contributed by atoms with Crippen molar-refractivity contribution in [2.24, 2.45) is 0 Å². The number of hydrogen-bond donors (Lipinski definition) is 1. The van der Waals surface area contributed by atoms with Crippen LogP contribution >= 0.6 is 0 Å².